The molecular formula is C51H41N. The molecule has 0 saturated carbocycles. The second kappa shape index (κ2) is 11.6. The Morgan fingerprint density at radius 1 is 0.346 bits per heavy atom. The fourth-order valence-corrected chi connectivity index (χ4v) is 9.15. The van der Waals surface area contributed by atoms with E-state index >= 15 is 0 Å². The monoisotopic (exact) mass is 667 g/mol. The summed E-state index contributed by atoms with van der Waals surface area (Å²) in [6, 6.07) is 62.2. The first kappa shape index (κ1) is 30.9. The average Bonchev–Trinajstić information content (AvgIpc) is 3.63. The summed E-state index contributed by atoms with van der Waals surface area (Å²) in [4.78, 5) is 2.41. The minimum absolute atomic E-state index is 0.398. The lowest BCUT2D eigenvalue weighted by Crippen LogP contribution is -2.25. The molecule has 0 N–H and O–H groups in total. The van der Waals surface area contributed by atoms with E-state index in [9.17, 15) is 0 Å². The fourth-order valence-electron chi connectivity index (χ4n) is 9.15. The molecule has 8 aromatic rings. The van der Waals surface area contributed by atoms with E-state index in [1.165, 1.54) is 77.2 Å². The molecule has 0 aliphatic heterocycles. The van der Waals surface area contributed by atoms with Gasteiger partial charge in [0.15, 0.2) is 0 Å². The van der Waals surface area contributed by atoms with Crippen LogP contribution in [-0.2, 0) is 5.41 Å². The largest absolute Gasteiger partial charge is 0.310 e. The Morgan fingerprint density at radius 2 is 0.769 bits per heavy atom. The summed E-state index contributed by atoms with van der Waals surface area (Å²) in [7, 11) is 0. The molecule has 2 aliphatic carbocycles. The van der Waals surface area contributed by atoms with E-state index in [4.69, 9.17) is 0 Å². The van der Waals surface area contributed by atoms with Gasteiger partial charge in [0.05, 0.1) is 5.41 Å². The Hall–Kier alpha value is -5.92. The maximum atomic E-state index is 2.51. The van der Waals surface area contributed by atoms with Crippen LogP contribution in [0.15, 0.2) is 164 Å². The van der Waals surface area contributed by atoms with Gasteiger partial charge in [0.2, 0.25) is 0 Å². The minimum Gasteiger partial charge on any atom is -0.310 e. The average molecular weight is 668 g/mol. The Labute approximate surface area is 306 Å². The van der Waals surface area contributed by atoms with E-state index < -0.39 is 5.41 Å². The summed E-state index contributed by atoms with van der Waals surface area (Å²) in [5.41, 5.74) is 16.6. The number of benzene rings is 8. The van der Waals surface area contributed by atoms with Crippen molar-refractivity contribution in [2.45, 2.75) is 44.9 Å². The molecule has 0 heterocycles. The second-order valence-electron chi connectivity index (χ2n) is 15.3. The van der Waals surface area contributed by atoms with Crippen LogP contribution >= 0.6 is 0 Å². The van der Waals surface area contributed by atoms with Crippen LogP contribution < -0.4 is 4.90 Å². The smallest absolute Gasteiger partial charge is 0.0725 e. The van der Waals surface area contributed by atoms with Gasteiger partial charge in [0.25, 0.3) is 0 Å². The maximum absolute atomic E-state index is 2.51. The first-order valence-corrected chi connectivity index (χ1v) is 18.7. The molecule has 10 rings (SSSR count). The van der Waals surface area contributed by atoms with Crippen LogP contribution in [0.25, 0.3) is 43.8 Å². The zero-order valence-electron chi connectivity index (χ0n) is 30.2. The molecule has 0 aromatic heterocycles. The quantitative estimate of drug-likeness (QED) is 0.177. The Bertz CT molecular complexity index is 2580. The topological polar surface area (TPSA) is 3.24 Å². The first-order chi connectivity index (χ1) is 25.4. The van der Waals surface area contributed by atoms with Gasteiger partial charge in [-0.25, -0.2) is 0 Å². The zero-order valence-corrected chi connectivity index (χ0v) is 30.2. The van der Waals surface area contributed by atoms with Gasteiger partial charge in [-0.05, 0) is 150 Å². The van der Waals surface area contributed by atoms with Crippen LogP contribution in [-0.4, -0.2) is 0 Å². The standard InChI is InChI=1S/C51H41N/c1-32(2)34-17-22-40(23-18-34)52(41-24-19-35(20-25-41)33(3)4)42-26-21-38-29-46-45-28-36-11-5-6-12-37(36)30-49(45)51(50(46)31-39(38)27-42)47-15-9-7-13-43(47)44-14-8-10-16-48(44)51/h5-33H,1-4H3. The number of anilines is 3. The summed E-state index contributed by atoms with van der Waals surface area (Å²) in [5.74, 6) is 0.964. The van der Waals surface area contributed by atoms with Crippen LogP contribution in [0, 0.1) is 0 Å². The Balaban J connectivity index is 1.23. The highest BCUT2D eigenvalue weighted by Crippen LogP contribution is 2.63. The molecule has 0 bridgehead atoms. The molecule has 1 spiro atoms. The van der Waals surface area contributed by atoms with Gasteiger partial charge in [-0.1, -0.05) is 131 Å². The third-order valence-electron chi connectivity index (χ3n) is 11.8. The van der Waals surface area contributed by atoms with Crippen LogP contribution in [0.4, 0.5) is 17.1 Å². The third-order valence-corrected chi connectivity index (χ3v) is 11.8. The molecule has 0 atom stereocenters. The van der Waals surface area contributed by atoms with Crippen LogP contribution in [0.3, 0.4) is 0 Å². The highest BCUT2D eigenvalue weighted by molar-refractivity contribution is 6.04. The normalized spacial score (nSPS) is 13.5. The van der Waals surface area contributed by atoms with E-state index in [0.717, 1.165) is 17.1 Å². The molecular weight excluding hydrogens is 627 g/mol. The van der Waals surface area contributed by atoms with E-state index in [2.05, 4.69) is 196 Å². The van der Waals surface area contributed by atoms with Crippen molar-refractivity contribution in [3.05, 3.63) is 197 Å². The molecule has 2 aliphatic rings. The lowest BCUT2D eigenvalue weighted by atomic mass is 9.70. The Kier molecular flexibility index (Phi) is 6.86. The predicted octanol–water partition coefficient (Wildman–Crippen LogP) is 14.1. The first-order valence-electron chi connectivity index (χ1n) is 18.7. The summed E-state index contributed by atoms with van der Waals surface area (Å²) < 4.78 is 0. The SMILES string of the molecule is CC(C)c1ccc(N(c2ccc(C(C)C)cc2)c2ccc3cc4c(cc3c2)C2(c3ccccc3-c3ccccc32)c2cc3ccccc3cc2-4)cc1. The number of hydrogen-bond acceptors (Lipinski definition) is 1. The van der Waals surface area contributed by atoms with Gasteiger partial charge in [-0.2, -0.15) is 0 Å². The third kappa shape index (κ3) is 4.42. The van der Waals surface area contributed by atoms with Crippen molar-refractivity contribution in [3.63, 3.8) is 0 Å². The summed E-state index contributed by atoms with van der Waals surface area (Å²) in [6.45, 7) is 9.03. The summed E-state index contributed by atoms with van der Waals surface area (Å²) in [5, 5.41) is 5.06. The molecule has 0 saturated heterocycles. The van der Waals surface area contributed by atoms with Gasteiger partial charge in [-0.15, -0.1) is 0 Å². The van der Waals surface area contributed by atoms with Crippen molar-refractivity contribution in [2.75, 3.05) is 4.90 Å². The van der Waals surface area contributed by atoms with Crippen LogP contribution in [0.2, 0.25) is 0 Å². The van der Waals surface area contributed by atoms with Gasteiger partial charge in [-0.3, -0.25) is 0 Å². The second-order valence-corrected chi connectivity index (χ2v) is 15.3. The molecule has 8 aromatic carbocycles. The molecule has 0 unspecified atom stereocenters. The van der Waals surface area contributed by atoms with E-state index in [0.29, 0.717) is 11.8 Å². The molecule has 250 valence electrons. The van der Waals surface area contributed by atoms with Crippen molar-refractivity contribution in [1.82, 2.24) is 0 Å². The zero-order chi connectivity index (χ0) is 35.1. The van der Waals surface area contributed by atoms with Crippen LogP contribution in [0.5, 0.6) is 0 Å². The van der Waals surface area contributed by atoms with Crippen molar-refractivity contribution in [3.8, 4) is 22.3 Å². The molecule has 0 radical (unpaired) electrons. The number of nitrogens with zero attached hydrogens (tertiary/aromatic N) is 1. The van der Waals surface area contributed by atoms with Gasteiger partial charge in [0.1, 0.15) is 0 Å². The molecule has 0 fully saturated rings. The highest BCUT2D eigenvalue weighted by Gasteiger charge is 2.51. The van der Waals surface area contributed by atoms with Crippen molar-refractivity contribution >= 4 is 38.6 Å². The maximum Gasteiger partial charge on any atom is 0.0725 e. The fraction of sp³-hybridized carbons (Fsp3) is 0.137. The van der Waals surface area contributed by atoms with Gasteiger partial charge in [0, 0.05) is 17.1 Å². The number of fused-ring (bicyclic) bond motifs is 12. The highest BCUT2D eigenvalue weighted by atomic mass is 15.1. The summed E-state index contributed by atoms with van der Waals surface area (Å²) >= 11 is 0. The van der Waals surface area contributed by atoms with E-state index in [1.807, 2.05) is 0 Å². The molecule has 0 amide bonds. The molecule has 52 heavy (non-hydrogen) atoms. The number of hydrogen-bond donors (Lipinski definition) is 0. The minimum atomic E-state index is -0.398. The lowest BCUT2D eigenvalue weighted by Gasteiger charge is -2.31. The van der Waals surface area contributed by atoms with Crippen LogP contribution in [0.1, 0.15) is 72.9 Å². The van der Waals surface area contributed by atoms with Gasteiger partial charge >= 0.3 is 0 Å². The molecule has 1 heteroatoms. The van der Waals surface area contributed by atoms with E-state index in [-0.39, 0.29) is 0 Å². The summed E-state index contributed by atoms with van der Waals surface area (Å²) in [6.07, 6.45) is 0. The van der Waals surface area contributed by atoms with E-state index in [1.54, 1.807) is 0 Å². The van der Waals surface area contributed by atoms with Crippen molar-refractivity contribution < 1.29 is 0 Å². The lowest BCUT2D eigenvalue weighted by molar-refractivity contribution is 0.796. The Morgan fingerprint density at radius 3 is 1.29 bits per heavy atom. The van der Waals surface area contributed by atoms with Crippen molar-refractivity contribution in [2.24, 2.45) is 0 Å². The van der Waals surface area contributed by atoms with Crippen molar-refractivity contribution in [1.29, 1.82) is 0 Å². The molecule has 1 nitrogen and oxygen atoms in total. The number of rotatable bonds is 5. The predicted molar refractivity (Wildman–Crippen MR) is 221 cm³/mol. The van der Waals surface area contributed by atoms with Gasteiger partial charge < -0.3 is 4.90 Å².